The number of rotatable bonds is 5. The maximum Gasteiger partial charge on any atom is 0.0476 e. The minimum Gasteiger partial charge on any atom is -0.381 e. The Balaban J connectivity index is 2.10. The van der Waals surface area contributed by atoms with Crippen LogP contribution in [0.3, 0.4) is 0 Å². The molecule has 1 N–H and O–H groups in total. The van der Waals surface area contributed by atoms with Crippen molar-refractivity contribution in [3.05, 3.63) is 29.8 Å². The molecule has 1 unspecified atom stereocenters. The number of hydrogen-bond acceptors (Lipinski definition) is 3. The molecule has 1 heterocycles. The van der Waals surface area contributed by atoms with E-state index in [4.69, 9.17) is 4.74 Å². The van der Waals surface area contributed by atoms with Gasteiger partial charge in [0.1, 0.15) is 0 Å². The molecule has 1 aromatic carbocycles. The van der Waals surface area contributed by atoms with Crippen molar-refractivity contribution in [2.24, 2.45) is 0 Å². The van der Waals surface area contributed by atoms with Gasteiger partial charge in [0.15, 0.2) is 0 Å². The van der Waals surface area contributed by atoms with Crippen LogP contribution in [0, 0.1) is 0 Å². The van der Waals surface area contributed by atoms with Crippen LogP contribution in [0.5, 0.6) is 0 Å². The van der Waals surface area contributed by atoms with Crippen molar-refractivity contribution < 1.29 is 4.74 Å². The Kier molecular flexibility index (Phi) is 5.54. The molecule has 3 heteroatoms. The topological polar surface area (TPSA) is 21.3 Å². The Morgan fingerprint density at radius 3 is 2.72 bits per heavy atom. The van der Waals surface area contributed by atoms with Crippen LogP contribution in [-0.4, -0.2) is 25.5 Å². The maximum absolute atomic E-state index is 5.43. The minimum atomic E-state index is 0.466. The van der Waals surface area contributed by atoms with Crippen LogP contribution in [0.4, 0.5) is 0 Å². The zero-order valence-corrected chi connectivity index (χ0v) is 12.1. The molecule has 100 valence electrons. The molecule has 1 aromatic rings. The molecule has 0 radical (unpaired) electrons. The van der Waals surface area contributed by atoms with Gasteiger partial charge in [-0.05, 0) is 37.9 Å². The summed E-state index contributed by atoms with van der Waals surface area (Å²) in [6.07, 6.45) is 3.48. The molecule has 2 nitrogen and oxygen atoms in total. The van der Waals surface area contributed by atoms with Crippen molar-refractivity contribution in [2.75, 3.05) is 20.3 Å². The molecule has 1 atom stereocenters. The molecular weight excluding hydrogens is 242 g/mol. The summed E-state index contributed by atoms with van der Waals surface area (Å²) in [7, 11) is 2.05. The van der Waals surface area contributed by atoms with E-state index >= 15 is 0 Å². The van der Waals surface area contributed by atoms with Gasteiger partial charge >= 0.3 is 0 Å². The zero-order chi connectivity index (χ0) is 12.8. The molecule has 1 aliphatic rings. The van der Waals surface area contributed by atoms with Crippen molar-refractivity contribution in [1.29, 1.82) is 0 Å². The molecule has 0 amide bonds. The van der Waals surface area contributed by atoms with Gasteiger partial charge in [-0.25, -0.2) is 0 Å². The fourth-order valence-corrected chi connectivity index (χ4v) is 3.72. The second kappa shape index (κ2) is 7.17. The lowest BCUT2D eigenvalue weighted by molar-refractivity contribution is 0.1000. The van der Waals surface area contributed by atoms with Gasteiger partial charge < -0.3 is 10.1 Å². The van der Waals surface area contributed by atoms with E-state index in [0.717, 1.165) is 19.6 Å². The van der Waals surface area contributed by atoms with E-state index in [2.05, 4.69) is 36.5 Å². The molecular formula is C15H23NOS. The molecule has 0 spiro atoms. The van der Waals surface area contributed by atoms with Crippen LogP contribution in [0.25, 0.3) is 0 Å². The molecule has 0 saturated carbocycles. The summed E-state index contributed by atoms with van der Waals surface area (Å²) in [5.41, 5.74) is 1.44. The van der Waals surface area contributed by atoms with Gasteiger partial charge in [0.05, 0.1) is 0 Å². The Labute approximate surface area is 114 Å². The summed E-state index contributed by atoms with van der Waals surface area (Å²) in [5, 5.41) is 4.12. The van der Waals surface area contributed by atoms with E-state index in [1.807, 2.05) is 18.8 Å². The second-order valence-corrected chi connectivity index (χ2v) is 6.06. The number of nitrogens with one attached hydrogen (secondary N) is 1. The van der Waals surface area contributed by atoms with Gasteiger partial charge in [-0.2, -0.15) is 0 Å². The average molecular weight is 265 g/mol. The van der Waals surface area contributed by atoms with Crippen LogP contribution in [0.1, 0.15) is 37.8 Å². The van der Waals surface area contributed by atoms with E-state index in [1.165, 1.54) is 23.3 Å². The van der Waals surface area contributed by atoms with E-state index in [9.17, 15) is 0 Å². The lowest BCUT2D eigenvalue weighted by Gasteiger charge is -2.24. The quantitative estimate of drug-likeness (QED) is 0.878. The molecule has 0 bridgehead atoms. The first-order valence-corrected chi connectivity index (χ1v) is 7.73. The van der Waals surface area contributed by atoms with Crippen molar-refractivity contribution in [3.63, 3.8) is 0 Å². The van der Waals surface area contributed by atoms with Gasteiger partial charge in [-0.1, -0.05) is 25.1 Å². The summed E-state index contributed by atoms with van der Waals surface area (Å²) < 4.78 is 5.43. The van der Waals surface area contributed by atoms with E-state index in [1.54, 1.807) is 0 Å². The normalized spacial score (nSPS) is 18.8. The Morgan fingerprint density at radius 2 is 2.06 bits per heavy atom. The Morgan fingerprint density at radius 1 is 1.33 bits per heavy atom. The van der Waals surface area contributed by atoms with Gasteiger partial charge in [0.2, 0.25) is 0 Å². The zero-order valence-electron chi connectivity index (χ0n) is 11.3. The van der Waals surface area contributed by atoms with Crippen molar-refractivity contribution in [2.45, 2.75) is 42.4 Å². The third kappa shape index (κ3) is 3.50. The Hall–Kier alpha value is -0.510. The monoisotopic (exact) mass is 265 g/mol. The second-order valence-electron chi connectivity index (χ2n) is 4.72. The van der Waals surface area contributed by atoms with Gasteiger partial charge in [0.25, 0.3) is 0 Å². The fourth-order valence-electron chi connectivity index (χ4n) is 2.43. The lowest BCUT2D eigenvalue weighted by atomic mass is 10.1. The molecule has 2 rings (SSSR count). The Bertz CT molecular complexity index is 359. The smallest absolute Gasteiger partial charge is 0.0476 e. The summed E-state index contributed by atoms with van der Waals surface area (Å²) in [6.45, 7) is 4.07. The van der Waals surface area contributed by atoms with E-state index in [-0.39, 0.29) is 0 Å². The van der Waals surface area contributed by atoms with Gasteiger partial charge in [0, 0.05) is 29.4 Å². The number of ether oxygens (including phenoxy) is 1. The number of thioether (sulfide) groups is 1. The van der Waals surface area contributed by atoms with Crippen LogP contribution in [0.2, 0.25) is 0 Å². The molecule has 1 aliphatic heterocycles. The SMILES string of the molecule is CCC(NC)c1ccccc1SC1CCOCC1. The van der Waals surface area contributed by atoms with Crippen LogP contribution >= 0.6 is 11.8 Å². The summed E-state index contributed by atoms with van der Waals surface area (Å²) >= 11 is 2.03. The van der Waals surface area contributed by atoms with E-state index in [0.29, 0.717) is 11.3 Å². The number of hydrogen-bond donors (Lipinski definition) is 1. The predicted molar refractivity (Wildman–Crippen MR) is 78.2 cm³/mol. The first-order chi connectivity index (χ1) is 8.85. The van der Waals surface area contributed by atoms with Crippen molar-refractivity contribution in [1.82, 2.24) is 5.32 Å². The van der Waals surface area contributed by atoms with Crippen molar-refractivity contribution in [3.8, 4) is 0 Å². The fraction of sp³-hybridized carbons (Fsp3) is 0.600. The molecule has 0 aromatic heterocycles. The highest BCUT2D eigenvalue weighted by Crippen LogP contribution is 2.35. The molecule has 1 fully saturated rings. The highest BCUT2D eigenvalue weighted by atomic mass is 32.2. The largest absolute Gasteiger partial charge is 0.381 e. The minimum absolute atomic E-state index is 0.466. The summed E-state index contributed by atoms with van der Waals surface area (Å²) in [6, 6.07) is 9.27. The standard InChI is InChI=1S/C15H23NOS/c1-3-14(16-2)13-6-4-5-7-15(13)18-12-8-10-17-11-9-12/h4-7,12,14,16H,3,8-11H2,1-2H3. The molecule has 18 heavy (non-hydrogen) atoms. The third-order valence-corrected chi connectivity index (χ3v) is 4.94. The maximum atomic E-state index is 5.43. The first-order valence-electron chi connectivity index (χ1n) is 6.85. The molecule has 0 aliphatic carbocycles. The number of benzene rings is 1. The van der Waals surface area contributed by atoms with Crippen LogP contribution in [0.15, 0.2) is 29.2 Å². The van der Waals surface area contributed by atoms with Crippen LogP contribution < -0.4 is 5.32 Å². The highest BCUT2D eigenvalue weighted by molar-refractivity contribution is 8.00. The average Bonchev–Trinajstić information content (AvgIpc) is 2.43. The van der Waals surface area contributed by atoms with Gasteiger partial charge in [-0.3, -0.25) is 0 Å². The summed E-state index contributed by atoms with van der Waals surface area (Å²) in [5.74, 6) is 0. The van der Waals surface area contributed by atoms with Gasteiger partial charge in [-0.15, -0.1) is 11.8 Å². The molecule has 1 saturated heterocycles. The van der Waals surface area contributed by atoms with Crippen LogP contribution in [-0.2, 0) is 4.74 Å². The summed E-state index contributed by atoms with van der Waals surface area (Å²) in [4.78, 5) is 1.44. The lowest BCUT2D eigenvalue weighted by Crippen LogP contribution is -2.19. The highest BCUT2D eigenvalue weighted by Gasteiger charge is 2.18. The predicted octanol–water partition coefficient (Wildman–Crippen LogP) is 3.63. The first kappa shape index (κ1) is 13.9. The third-order valence-electron chi connectivity index (χ3n) is 3.51. The van der Waals surface area contributed by atoms with E-state index < -0.39 is 0 Å². The van der Waals surface area contributed by atoms with Crippen molar-refractivity contribution >= 4 is 11.8 Å².